The van der Waals surface area contributed by atoms with Crippen LogP contribution in [0.4, 0.5) is 5.69 Å². The number of anilines is 1. The molecule has 0 saturated carbocycles. The van der Waals surface area contributed by atoms with Gasteiger partial charge in [-0.25, -0.2) is 0 Å². The Morgan fingerprint density at radius 3 is 2.82 bits per heavy atom. The summed E-state index contributed by atoms with van der Waals surface area (Å²) >= 11 is 0. The molecule has 1 aliphatic heterocycles. The van der Waals surface area contributed by atoms with E-state index < -0.39 is 10.8 Å². The third-order valence-electron chi connectivity index (χ3n) is 2.82. The second-order valence-corrected chi connectivity index (χ2v) is 5.65. The van der Waals surface area contributed by atoms with Crippen LogP contribution < -0.4 is 5.73 Å². The van der Waals surface area contributed by atoms with Crippen LogP contribution >= 0.6 is 0 Å². The van der Waals surface area contributed by atoms with Crippen LogP contribution in [0.1, 0.15) is 0 Å². The van der Waals surface area contributed by atoms with Crippen LogP contribution in [-0.2, 0) is 15.5 Å². The molecule has 17 heavy (non-hydrogen) atoms. The van der Waals surface area contributed by atoms with Gasteiger partial charge >= 0.3 is 0 Å². The molecule has 1 fully saturated rings. The minimum Gasteiger partial charge on any atom is -0.399 e. The maximum atomic E-state index is 12.0. The molecule has 2 rings (SSSR count). The Morgan fingerprint density at radius 2 is 2.12 bits per heavy atom. The van der Waals surface area contributed by atoms with Crippen molar-refractivity contribution in [2.45, 2.75) is 4.90 Å². The fraction of sp³-hybridized carbons (Fsp3) is 0.500. The number of nitrogen functional groups attached to an aromatic ring is 1. The Balaban J connectivity index is 1.84. The van der Waals surface area contributed by atoms with E-state index in [2.05, 4.69) is 4.90 Å². The van der Waals surface area contributed by atoms with Gasteiger partial charge in [0.25, 0.3) is 0 Å². The lowest BCUT2D eigenvalue weighted by atomic mass is 10.3. The summed E-state index contributed by atoms with van der Waals surface area (Å²) in [6.07, 6.45) is 0. The van der Waals surface area contributed by atoms with E-state index in [0.717, 1.165) is 37.7 Å². The molecule has 0 aliphatic carbocycles. The van der Waals surface area contributed by atoms with Crippen molar-refractivity contribution in [3.05, 3.63) is 24.3 Å². The molecule has 1 unspecified atom stereocenters. The predicted octanol–water partition coefficient (Wildman–Crippen LogP) is 0.709. The standard InChI is InChI=1S/C12H18N2O2S/c13-11-2-1-3-12(10-11)17(15)9-6-14-4-7-16-8-5-14/h1-3,10H,4-9,13H2. The number of morpholine rings is 1. The Labute approximate surface area is 104 Å². The average molecular weight is 254 g/mol. The SMILES string of the molecule is Nc1cccc(S(=O)CCN2CCOCC2)c1. The van der Waals surface area contributed by atoms with E-state index in [-0.39, 0.29) is 0 Å². The maximum Gasteiger partial charge on any atom is 0.0594 e. The molecule has 94 valence electrons. The quantitative estimate of drug-likeness (QED) is 0.804. The molecular weight excluding hydrogens is 236 g/mol. The van der Waals surface area contributed by atoms with Crippen molar-refractivity contribution in [1.82, 2.24) is 4.90 Å². The lowest BCUT2D eigenvalue weighted by Gasteiger charge is -2.26. The van der Waals surface area contributed by atoms with Crippen LogP contribution in [0.2, 0.25) is 0 Å². The molecule has 0 radical (unpaired) electrons. The van der Waals surface area contributed by atoms with E-state index in [1.165, 1.54) is 0 Å². The molecule has 4 nitrogen and oxygen atoms in total. The Hall–Kier alpha value is -0.910. The Kier molecular flexibility index (Phi) is 4.53. The van der Waals surface area contributed by atoms with Gasteiger partial charge in [-0.15, -0.1) is 0 Å². The fourth-order valence-corrected chi connectivity index (χ4v) is 2.97. The van der Waals surface area contributed by atoms with Gasteiger partial charge < -0.3 is 10.5 Å². The highest BCUT2D eigenvalue weighted by Gasteiger charge is 2.12. The Morgan fingerprint density at radius 1 is 1.35 bits per heavy atom. The van der Waals surface area contributed by atoms with E-state index in [0.29, 0.717) is 11.4 Å². The van der Waals surface area contributed by atoms with Crippen LogP contribution in [0.3, 0.4) is 0 Å². The normalized spacial score (nSPS) is 19.1. The molecule has 1 aromatic carbocycles. The third kappa shape index (κ3) is 3.80. The fourth-order valence-electron chi connectivity index (χ4n) is 1.81. The van der Waals surface area contributed by atoms with Gasteiger partial charge in [0.15, 0.2) is 0 Å². The third-order valence-corrected chi connectivity index (χ3v) is 4.15. The van der Waals surface area contributed by atoms with E-state index in [4.69, 9.17) is 10.5 Å². The van der Waals surface area contributed by atoms with Gasteiger partial charge in [-0.05, 0) is 18.2 Å². The van der Waals surface area contributed by atoms with Gasteiger partial charge in [0, 0.05) is 36.0 Å². The number of ether oxygens (including phenoxy) is 1. The molecule has 1 aliphatic rings. The number of nitrogens with zero attached hydrogens (tertiary/aromatic N) is 1. The van der Waals surface area contributed by atoms with Crippen molar-refractivity contribution in [3.8, 4) is 0 Å². The van der Waals surface area contributed by atoms with E-state index in [1.54, 1.807) is 6.07 Å². The first kappa shape index (κ1) is 12.5. The highest BCUT2D eigenvalue weighted by Crippen LogP contribution is 2.11. The molecule has 0 amide bonds. The number of hydrogen-bond acceptors (Lipinski definition) is 4. The minimum atomic E-state index is -0.958. The first-order valence-corrected chi connectivity index (χ1v) is 7.11. The predicted molar refractivity (Wildman–Crippen MR) is 69.4 cm³/mol. The summed E-state index contributed by atoms with van der Waals surface area (Å²) < 4.78 is 17.3. The van der Waals surface area contributed by atoms with E-state index in [9.17, 15) is 4.21 Å². The smallest absolute Gasteiger partial charge is 0.0594 e. The molecular formula is C12H18N2O2S. The van der Waals surface area contributed by atoms with Gasteiger partial charge in [-0.1, -0.05) is 6.07 Å². The summed E-state index contributed by atoms with van der Waals surface area (Å²) in [4.78, 5) is 3.10. The molecule has 5 heteroatoms. The molecule has 1 saturated heterocycles. The monoisotopic (exact) mass is 254 g/mol. The van der Waals surface area contributed by atoms with Crippen molar-refractivity contribution >= 4 is 16.5 Å². The molecule has 1 aromatic rings. The topological polar surface area (TPSA) is 55.6 Å². The summed E-state index contributed by atoms with van der Waals surface area (Å²) in [7, 11) is -0.958. The molecule has 1 heterocycles. The van der Waals surface area contributed by atoms with Crippen molar-refractivity contribution in [2.24, 2.45) is 0 Å². The minimum absolute atomic E-state index is 0.656. The lowest BCUT2D eigenvalue weighted by molar-refractivity contribution is 0.0409. The van der Waals surface area contributed by atoms with Crippen molar-refractivity contribution in [1.29, 1.82) is 0 Å². The zero-order valence-corrected chi connectivity index (χ0v) is 10.6. The summed E-state index contributed by atoms with van der Waals surface area (Å²) in [5.41, 5.74) is 6.34. The van der Waals surface area contributed by atoms with E-state index in [1.807, 2.05) is 18.2 Å². The molecule has 0 bridgehead atoms. The molecule has 2 N–H and O–H groups in total. The van der Waals surface area contributed by atoms with Gasteiger partial charge in [-0.2, -0.15) is 0 Å². The van der Waals surface area contributed by atoms with Gasteiger partial charge in [-0.3, -0.25) is 9.11 Å². The van der Waals surface area contributed by atoms with Crippen molar-refractivity contribution < 1.29 is 8.95 Å². The van der Waals surface area contributed by atoms with Crippen LogP contribution in [0, 0.1) is 0 Å². The molecule has 0 aromatic heterocycles. The second kappa shape index (κ2) is 6.14. The highest BCUT2D eigenvalue weighted by atomic mass is 32.2. The molecule has 0 spiro atoms. The van der Waals surface area contributed by atoms with Crippen LogP contribution in [0.25, 0.3) is 0 Å². The van der Waals surface area contributed by atoms with Gasteiger partial charge in [0.1, 0.15) is 0 Å². The van der Waals surface area contributed by atoms with Gasteiger partial charge in [0.2, 0.25) is 0 Å². The van der Waals surface area contributed by atoms with Crippen LogP contribution in [-0.4, -0.2) is 47.7 Å². The summed E-state index contributed by atoms with van der Waals surface area (Å²) in [5.74, 6) is 0.656. The zero-order chi connectivity index (χ0) is 12.1. The average Bonchev–Trinajstić information content (AvgIpc) is 2.37. The number of rotatable bonds is 4. The largest absolute Gasteiger partial charge is 0.399 e. The first-order valence-electron chi connectivity index (χ1n) is 5.80. The highest BCUT2D eigenvalue weighted by molar-refractivity contribution is 7.85. The first-order chi connectivity index (χ1) is 8.25. The van der Waals surface area contributed by atoms with Crippen molar-refractivity contribution in [3.63, 3.8) is 0 Å². The van der Waals surface area contributed by atoms with Crippen molar-refractivity contribution in [2.75, 3.05) is 44.3 Å². The zero-order valence-electron chi connectivity index (χ0n) is 9.80. The van der Waals surface area contributed by atoms with Crippen LogP contribution in [0.5, 0.6) is 0 Å². The number of hydrogen-bond donors (Lipinski definition) is 1. The molecule has 1 atom stereocenters. The van der Waals surface area contributed by atoms with E-state index >= 15 is 0 Å². The second-order valence-electron chi connectivity index (χ2n) is 4.08. The lowest BCUT2D eigenvalue weighted by Crippen LogP contribution is -2.38. The Bertz CT molecular complexity index is 392. The van der Waals surface area contributed by atoms with Crippen LogP contribution in [0.15, 0.2) is 29.2 Å². The number of benzene rings is 1. The maximum absolute atomic E-state index is 12.0. The summed E-state index contributed by atoms with van der Waals surface area (Å²) in [5, 5.41) is 0. The summed E-state index contributed by atoms with van der Waals surface area (Å²) in [6.45, 7) is 4.29. The number of nitrogens with two attached hydrogens (primary N) is 1. The summed E-state index contributed by atoms with van der Waals surface area (Å²) in [6, 6.07) is 7.31. The van der Waals surface area contributed by atoms with Gasteiger partial charge in [0.05, 0.1) is 24.0 Å².